The van der Waals surface area contributed by atoms with Crippen molar-refractivity contribution in [3.8, 4) is 0 Å². The van der Waals surface area contributed by atoms with E-state index in [2.05, 4.69) is 37.0 Å². The lowest BCUT2D eigenvalue weighted by molar-refractivity contribution is 0.409. The Bertz CT molecular complexity index is 304. The molecular formula is C13H21NOS. The predicted molar refractivity (Wildman–Crippen MR) is 69.8 cm³/mol. The molecule has 1 aliphatic heterocycles. The van der Waals surface area contributed by atoms with Crippen molar-refractivity contribution in [3.05, 3.63) is 24.2 Å². The molecule has 0 aliphatic carbocycles. The monoisotopic (exact) mass is 239 g/mol. The molecule has 0 amide bonds. The van der Waals surface area contributed by atoms with Crippen LogP contribution in [0, 0.1) is 0 Å². The van der Waals surface area contributed by atoms with Crippen molar-refractivity contribution < 1.29 is 4.42 Å². The lowest BCUT2D eigenvalue weighted by Gasteiger charge is -2.33. The predicted octanol–water partition coefficient (Wildman–Crippen LogP) is 3.61. The first kappa shape index (κ1) is 12.1. The maximum atomic E-state index is 5.23. The summed E-state index contributed by atoms with van der Waals surface area (Å²) in [4.78, 5) is 0. The highest BCUT2D eigenvalue weighted by atomic mass is 32.2. The lowest BCUT2D eigenvalue weighted by atomic mass is 9.91. The molecular weight excluding hydrogens is 218 g/mol. The molecule has 1 aromatic heterocycles. The van der Waals surface area contributed by atoms with Crippen molar-refractivity contribution in [2.24, 2.45) is 0 Å². The quantitative estimate of drug-likeness (QED) is 0.850. The Balaban J connectivity index is 2.14. The third kappa shape index (κ3) is 2.46. The minimum Gasteiger partial charge on any atom is -0.472 e. The van der Waals surface area contributed by atoms with Gasteiger partial charge in [-0.25, -0.2) is 0 Å². The van der Waals surface area contributed by atoms with Gasteiger partial charge in [0.05, 0.1) is 12.5 Å². The topological polar surface area (TPSA) is 25.2 Å². The van der Waals surface area contributed by atoms with E-state index in [4.69, 9.17) is 4.42 Å². The van der Waals surface area contributed by atoms with Crippen molar-refractivity contribution in [1.82, 2.24) is 5.32 Å². The minimum absolute atomic E-state index is 0.332. The fourth-order valence-corrected chi connectivity index (χ4v) is 3.87. The number of nitrogens with one attached hydrogen (secondary N) is 1. The molecule has 0 radical (unpaired) electrons. The first-order valence-electron chi connectivity index (χ1n) is 6.16. The van der Waals surface area contributed by atoms with Crippen LogP contribution < -0.4 is 5.32 Å². The van der Waals surface area contributed by atoms with E-state index in [1.807, 2.05) is 6.26 Å². The SMILES string of the molecule is CCCNC(c1ccoc1)C1(C)CCCS1. The Hall–Kier alpha value is -0.410. The second kappa shape index (κ2) is 5.28. The Morgan fingerprint density at radius 1 is 1.62 bits per heavy atom. The summed E-state index contributed by atoms with van der Waals surface area (Å²) in [5, 5.41) is 3.67. The van der Waals surface area contributed by atoms with E-state index in [1.54, 1.807) is 6.26 Å². The Morgan fingerprint density at radius 2 is 2.50 bits per heavy atom. The third-order valence-corrected chi connectivity index (χ3v) is 4.93. The molecule has 16 heavy (non-hydrogen) atoms. The van der Waals surface area contributed by atoms with E-state index >= 15 is 0 Å². The highest BCUT2D eigenvalue weighted by molar-refractivity contribution is 8.00. The summed E-state index contributed by atoms with van der Waals surface area (Å²) in [6, 6.07) is 2.52. The highest BCUT2D eigenvalue weighted by Crippen LogP contribution is 2.46. The fourth-order valence-electron chi connectivity index (χ4n) is 2.44. The highest BCUT2D eigenvalue weighted by Gasteiger charge is 2.38. The normalized spacial score (nSPS) is 27.1. The lowest BCUT2D eigenvalue weighted by Crippen LogP contribution is -2.37. The molecule has 2 rings (SSSR count). The van der Waals surface area contributed by atoms with Crippen LogP contribution >= 0.6 is 11.8 Å². The molecule has 0 bridgehead atoms. The zero-order valence-corrected chi connectivity index (χ0v) is 11.0. The fraction of sp³-hybridized carbons (Fsp3) is 0.692. The van der Waals surface area contributed by atoms with Crippen molar-refractivity contribution in [3.63, 3.8) is 0 Å². The summed E-state index contributed by atoms with van der Waals surface area (Å²) in [5.74, 6) is 1.29. The van der Waals surface area contributed by atoms with Crippen molar-refractivity contribution in [2.45, 2.75) is 43.9 Å². The molecule has 2 nitrogen and oxygen atoms in total. The van der Waals surface area contributed by atoms with Crippen LogP contribution in [-0.2, 0) is 0 Å². The number of hydrogen-bond donors (Lipinski definition) is 1. The molecule has 3 heteroatoms. The van der Waals surface area contributed by atoms with E-state index in [0.717, 1.165) is 6.54 Å². The van der Waals surface area contributed by atoms with E-state index in [0.29, 0.717) is 10.8 Å². The van der Waals surface area contributed by atoms with Gasteiger partial charge < -0.3 is 9.73 Å². The number of thioether (sulfide) groups is 1. The summed E-state index contributed by atoms with van der Waals surface area (Å²) in [5.41, 5.74) is 1.30. The third-order valence-electron chi connectivity index (χ3n) is 3.33. The van der Waals surface area contributed by atoms with Gasteiger partial charge in [-0.1, -0.05) is 6.92 Å². The molecule has 1 fully saturated rings. The van der Waals surface area contributed by atoms with Crippen LogP contribution in [0.25, 0.3) is 0 Å². The van der Waals surface area contributed by atoms with Gasteiger partial charge >= 0.3 is 0 Å². The van der Waals surface area contributed by atoms with E-state index in [-0.39, 0.29) is 0 Å². The van der Waals surface area contributed by atoms with Crippen LogP contribution in [0.1, 0.15) is 44.7 Å². The number of hydrogen-bond acceptors (Lipinski definition) is 3. The summed E-state index contributed by atoms with van der Waals surface area (Å²) in [6.07, 6.45) is 7.47. The summed E-state index contributed by atoms with van der Waals surface area (Å²) < 4.78 is 5.56. The van der Waals surface area contributed by atoms with E-state index in [1.165, 1.54) is 30.6 Å². The molecule has 1 N–H and O–H groups in total. The average Bonchev–Trinajstić information content (AvgIpc) is 2.91. The molecule has 0 spiro atoms. The summed E-state index contributed by atoms with van der Waals surface area (Å²) >= 11 is 2.10. The van der Waals surface area contributed by atoms with E-state index < -0.39 is 0 Å². The van der Waals surface area contributed by atoms with Crippen LogP contribution in [-0.4, -0.2) is 17.0 Å². The molecule has 1 saturated heterocycles. The molecule has 0 aromatic carbocycles. The molecule has 2 atom stereocenters. The van der Waals surface area contributed by atoms with Crippen molar-refractivity contribution in [1.29, 1.82) is 0 Å². The molecule has 0 saturated carbocycles. The van der Waals surface area contributed by atoms with Crippen LogP contribution in [0.2, 0.25) is 0 Å². The molecule has 90 valence electrons. The average molecular weight is 239 g/mol. The number of furan rings is 1. The molecule has 1 aliphatic rings. The van der Waals surface area contributed by atoms with Gasteiger partial charge in [0.1, 0.15) is 0 Å². The first-order chi connectivity index (χ1) is 7.76. The van der Waals surface area contributed by atoms with E-state index in [9.17, 15) is 0 Å². The van der Waals surface area contributed by atoms with Gasteiger partial charge in [-0.15, -0.1) is 0 Å². The van der Waals surface area contributed by atoms with Gasteiger partial charge in [0.25, 0.3) is 0 Å². The Kier molecular flexibility index (Phi) is 3.98. The molecule has 2 heterocycles. The Labute approximate surface area is 102 Å². The summed E-state index contributed by atoms with van der Waals surface area (Å²) in [7, 11) is 0. The minimum atomic E-state index is 0.332. The van der Waals surface area contributed by atoms with Crippen LogP contribution in [0.3, 0.4) is 0 Å². The van der Waals surface area contributed by atoms with Crippen LogP contribution in [0.4, 0.5) is 0 Å². The second-order valence-electron chi connectivity index (χ2n) is 4.71. The largest absolute Gasteiger partial charge is 0.472 e. The second-order valence-corrected chi connectivity index (χ2v) is 6.34. The van der Waals surface area contributed by atoms with Gasteiger partial charge in [0, 0.05) is 16.4 Å². The van der Waals surface area contributed by atoms with Gasteiger partial charge in [-0.05, 0) is 44.6 Å². The Morgan fingerprint density at radius 3 is 3.06 bits per heavy atom. The van der Waals surface area contributed by atoms with Gasteiger partial charge in [-0.2, -0.15) is 11.8 Å². The van der Waals surface area contributed by atoms with Gasteiger partial charge in [0.2, 0.25) is 0 Å². The number of rotatable bonds is 5. The standard InChI is InChI=1S/C13H21NOS/c1-3-7-14-12(11-5-8-15-10-11)13(2)6-4-9-16-13/h5,8,10,12,14H,3-4,6-7,9H2,1-2H3. The zero-order valence-electron chi connectivity index (χ0n) is 10.2. The maximum absolute atomic E-state index is 5.23. The van der Waals surface area contributed by atoms with Gasteiger partial charge in [-0.3, -0.25) is 0 Å². The van der Waals surface area contributed by atoms with Crippen molar-refractivity contribution in [2.75, 3.05) is 12.3 Å². The van der Waals surface area contributed by atoms with Crippen molar-refractivity contribution >= 4 is 11.8 Å². The molecule has 2 unspecified atom stereocenters. The molecule has 1 aromatic rings. The summed E-state index contributed by atoms with van der Waals surface area (Å²) in [6.45, 7) is 5.67. The van der Waals surface area contributed by atoms with Crippen LogP contribution in [0.5, 0.6) is 0 Å². The zero-order chi connectivity index (χ0) is 11.4. The maximum Gasteiger partial charge on any atom is 0.0950 e. The first-order valence-corrected chi connectivity index (χ1v) is 7.14. The smallest absolute Gasteiger partial charge is 0.0950 e. The van der Waals surface area contributed by atoms with Crippen LogP contribution in [0.15, 0.2) is 23.0 Å². The van der Waals surface area contributed by atoms with Gasteiger partial charge in [0.15, 0.2) is 0 Å².